The topological polar surface area (TPSA) is 3.24 Å². The third-order valence-electron chi connectivity index (χ3n) is 6.19. The van der Waals surface area contributed by atoms with Crippen LogP contribution in [0.3, 0.4) is 0 Å². The molecule has 0 fully saturated rings. The van der Waals surface area contributed by atoms with Crippen molar-refractivity contribution in [1.29, 1.82) is 0 Å². The third kappa shape index (κ3) is 3.21. The maximum atomic E-state index is 4.56. The van der Waals surface area contributed by atoms with Gasteiger partial charge < -0.3 is 4.90 Å². The first-order chi connectivity index (χ1) is 15.2. The number of rotatable bonds is 3. The van der Waals surface area contributed by atoms with Crippen LogP contribution < -0.4 is 15.8 Å². The SMILES string of the molecule is C=C1B(c2c(C)cccc2-c2ccccc2)c2ccccc2N(c2ccccc2)C1=C. The Bertz CT molecular complexity index is 1270. The van der Waals surface area contributed by atoms with E-state index >= 15 is 0 Å². The number of anilines is 2. The number of para-hydroxylation sites is 2. The van der Waals surface area contributed by atoms with Gasteiger partial charge in [-0.15, -0.1) is 6.58 Å². The highest BCUT2D eigenvalue weighted by Gasteiger charge is 2.37. The van der Waals surface area contributed by atoms with Crippen LogP contribution in [0, 0.1) is 6.92 Å². The molecule has 0 amide bonds. The van der Waals surface area contributed by atoms with Crippen molar-refractivity contribution in [3.63, 3.8) is 0 Å². The number of aryl methyl sites for hydroxylation is 1. The maximum absolute atomic E-state index is 4.56. The van der Waals surface area contributed by atoms with Gasteiger partial charge in [0.2, 0.25) is 6.71 Å². The standard InChI is InChI=1S/C29H24BN/c1-21-13-12-18-26(24-14-6-4-7-15-24)29(21)30-22(2)23(3)31(25-16-8-5-9-17-25)28-20-11-10-19-27(28)30/h4-20H,2-3H2,1H3. The van der Waals surface area contributed by atoms with Gasteiger partial charge in [-0.1, -0.05) is 108 Å². The van der Waals surface area contributed by atoms with Gasteiger partial charge in [-0.2, -0.15) is 0 Å². The highest BCUT2D eigenvalue weighted by Crippen LogP contribution is 2.36. The molecule has 5 rings (SSSR count). The molecule has 0 bridgehead atoms. The molecule has 0 saturated carbocycles. The Labute approximate surface area is 185 Å². The van der Waals surface area contributed by atoms with E-state index in [0.29, 0.717) is 0 Å². The van der Waals surface area contributed by atoms with Crippen molar-refractivity contribution >= 4 is 29.0 Å². The summed E-state index contributed by atoms with van der Waals surface area (Å²) in [5, 5.41) is 0. The molecule has 4 aromatic rings. The van der Waals surface area contributed by atoms with Crippen molar-refractivity contribution in [3.05, 3.63) is 133 Å². The fourth-order valence-corrected chi connectivity index (χ4v) is 4.71. The first-order valence-electron chi connectivity index (χ1n) is 10.6. The van der Waals surface area contributed by atoms with Crippen LogP contribution in [0.5, 0.6) is 0 Å². The zero-order valence-electron chi connectivity index (χ0n) is 17.8. The zero-order valence-corrected chi connectivity index (χ0v) is 17.8. The van der Waals surface area contributed by atoms with Gasteiger partial charge in [-0.25, -0.2) is 0 Å². The van der Waals surface area contributed by atoms with E-state index in [2.05, 4.69) is 122 Å². The van der Waals surface area contributed by atoms with Crippen molar-refractivity contribution in [2.24, 2.45) is 0 Å². The van der Waals surface area contributed by atoms with Crippen molar-refractivity contribution in [2.45, 2.75) is 6.92 Å². The minimum atomic E-state index is 0.0556. The molecule has 0 radical (unpaired) electrons. The Balaban J connectivity index is 1.75. The van der Waals surface area contributed by atoms with Crippen LogP contribution in [0.2, 0.25) is 0 Å². The molecule has 1 nitrogen and oxygen atoms in total. The highest BCUT2D eigenvalue weighted by molar-refractivity contribution is 6.94. The molecule has 31 heavy (non-hydrogen) atoms. The van der Waals surface area contributed by atoms with Gasteiger partial charge in [0.25, 0.3) is 0 Å². The zero-order chi connectivity index (χ0) is 21.4. The van der Waals surface area contributed by atoms with Crippen molar-refractivity contribution < 1.29 is 0 Å². The number of fused-ring (bicyclic) bond motifs is 1. The second-order valence-corrected chi connectivity index (χ2v) is 8.04. The first-order valence-corrected chi connectivity index (χ1v) is 10.6. The molecule has 0 spiro atoms. The summed E-state index contributed by atoms with van der Waals surface area (Å²) in [6.07, 6.45) is 0. The van der Waals surface area contributed by atoms with Gasteiger partial charge in [0.15, 0.2) is 0 Å². The third-order valence-corrected chi connectivity index (χ3v) is 6.19. The minimum absolute atomic E-state index is 0.0556. The Hall–Kier alpha value is -3.78. The van der Waals surface area contributed by atoms with Crippen molar-refractivity contribution in [3.8, 4) is 11.1 Å². The van der Waals surface area contributed by atoms with E-state index in [9.17, 15) is 0 Å². The average Bonchev–Trinajstić information content (AvgIpc) is 2.82. The van der Waals surface area contributed by atoms with Crippen LogP contribution in [-0.4, -0.2) is 6.71 Å². The summed E-state index contributed by atoms with van der Waals surface area (Å²) in [5.74, 6) is 0. The summed E-state index contributed by atoms with van der Waals surface area (Å²) in [6, 6.07) is 36.2. The molecule has 0 atom stereocenters. The van der Waals surface area contributed by atoms with Gasteiger partial charge in [0.05, 0.1) is 0 Å². The lowest BCUT2D eigenvalue weighted by molar-refractivity contribution is 1.20. The molecule has 0 aliphatic carbocycles. The van der Waals surface area contributed by atoms with Gasteiger partial charge in [0.1, 0.15) is 0 Å². The molecule has 0 aromatic heterocycles. The summed E-state index contributed by atoms with van der Waals surface area (Å²) < 4.78 is 0. The van der Waals surface area contributed by atoms with Crippen molar-refractivity contribution in [2.75, 3.05) is 4.90 Å². The monoisotopic (exact) mass is 397 g/mol. The molecule has 0 N–H and O–H groups in total. The number of benzene rings is 4. The second-order valence-electron chi connectivity index (χ2n) is 8.04. The minimum Gasteiger partial charge on any atom is -0.312 e. The average molecular weight is 397 g/mol. The normalized spacial score (nSPS) is 13.3. The van der Waals surface area contributed by atoms with E-state index in [1.807, 2.05) is 6.07 Å². The lowest BCUT2D eigenvalue weighted by Gasteiger charge is -2.39. The fraction of sp³-hybridized carbons (Fsp3) is 0.0345. The van der Waals surface area contributed by atoms with Crippen LogP contribution >= 0.6 is 0 Å². The summed E-state index contributed by atoms with van der Waals surface area (Å²) >= 11 is 0. The highest BCUT2D eigenvalue weighted by atomic mass is 15.2. The number of allylic oxidation sites excluding steroid dienone is 1. The van der Waals surface area contributed by atoms with Gasteiger partial charge >= 0.3 is 0 Å². The van der Waals surface area contributed by atoms with E-state index in [0.717, 1.165) is 16.9 Å². The molecular formula is C29H24BN. The first kappa shape index (κ1) is 19.2. The van der Waals surface area contributed by atoms with Crippen LogP contribution in [0.15, 0.2) is 127 Å². The largest absolute Gasteiger partial charge is 0.312 e. The molecule has 0 unspecified atom stereocenters. The smallest absolute Gasteiger partial charge is 0.246 e. The second kappa shape index (κ2) is 7.81. The maximum Gasteiger partial charge on any atom is 0.246 e. The summed E-state index contributed by atoms with van der Waals surface area (Å²) in [5.41, 5.74) is 10.6. The molecule has 1 aliphatic rings. The van der Waals surface area contributed by atoms with Crippen LogP contribution in [0.25, 0.3) is 11.1 Å². The Kier molecular flexibility index (Phi) is 4.84. The Morgan fingerprint density at radius 3 is 2.06 bits per heavy atom. The van der Waals surface area contributed by atoms with E-state index in [1.54, 1.807) is 0 Å². The Morgan fingerprint density at radius 1 is 0.677 bits per heavy atom. The van der Waals surface area contributed by atoms with Gasteiger partial charge in [-0.05, 0) is 41.7 Å². The molecule has 4 aromatic carbocycles. The fourth-order valence-electron chi connectivity index (χ4n) is 4.71. The summed E-state index contributed by atoms with van der Waals surface area (Å²) in [7, 11) is 0. The molecule has 1 aliphatic heterocycles. The van der Waals surface area contributed by atoms with E-state index in [1.165, 1.54) is 33.3 Å². The van der Waals surface area contributed by atoms with E-state index in [-0.39, 0.29) is 6.71 Å². The lowest BCUT2D eigenvalue weighted by atomic mass is 9.33. The number of nitrogens with zero attached hydrogens (tertiary/aromatic N) is 1. The van der Waals surface area contributed by atoms with Crippen LogP contribution in [-0.2, 0) is 0 Å². The molecule has 148 valence electrons. The molecule has 2 heteroatoms. The predicted octanol–water partition coefficient (Wildman–Crippen LogP) is 6.03. The van der Waals surface area contributed by atoms with Gasteiger partial charge in [0, 0.05) is 17.1 Å². The molecular weight excluding hydrogens is 373 g/mol. The predicted molar refractivity (Wildman–Crippen MR) is 135 cm³/mol. The van der Waals surface area contributed by atoms with E-state index < -0.39 is 0 Å². The Morgan fingerprint density at radius 2 is 1.32 bits per heavy atom. The van der Waals surface area contributed by atoms with Crippen molar-refractivity contribution in [1.82, 2.24) is 0 Å². The quantitative estimate of drug-likeness (QED) is 0.382. The summed E-state index contributed by atoms with van der Waals surface area (Å²) in [6.45, 7) is 11.3. The van der Waals surface area contributed by atoms with Gasteiger partial charge in [-0.3, -0.25) is 0 Å². The van der Waals surface area contributed by atoms with E-state index in [4.69, 9.17) is 0 Å². The molecule has 1 heterocycles. The van der Waals surface area contributed by atoms with Crippen LogP contribution in [0.4, 0.5) is 11.4 Å². The lowest BCUT2D eigenvalue weighted by Crippen LogP contribution is -2.52. The van der Waals surface area contributed by atoms with Crippen LogP contribution in [0.1, 0.15) is 5.56 Å². The number of hydrogen-bond acceptors (Lipinski definition) is 1. The summed E-state index contributed by atoms with van der Waals surface area (Å²) in [4.78, 5) is 2.23. The number of hydrogen-bond donors (Lipinski definition) is 0. The molecule has 0 saturated heterocycles.